The van der Waals surface area contributed by atoms with Crippen molar-refractivity contribution in [2.45, 2.75) is 13.5 Å². The highest BCUT2D eigenvalue weighted by Crippen LogP contribution is 2.29. The number of aromatic nitrogens is 1. The molecule has 0 saturated heterocycles. The van der Waals surface area contributed by atoms with Gasteiger partial charge in [-0.2, -0.15) is 5.26 Å². The number of aryl methyl sites for hydroxylation is 1. The summed E-state index contributed by atoms with van der Waals surface area (Å²) in [6.07, 6.45) is 0. The average molecular weight is 227 g/mol. The fraction of sp³-hybridized carbons (Fsp3) is 0.400. The van der Waals surface area contributed by atoms with Crippen LogP contribution in [0.2, 0.25) is 5.15 Å². The van der Waals surface area contributed by atoms with E-state index in [4.69, 9.17) is 26.3 Å². The largest absolute Gasteiger partial charge is 0.494 e. The molecule has 80 valence electrons. The maximum atomic E-state index is 8.95. The van der Waals surface area contributed by atoms with Gasteiger partial charge in [-0.1, -0.05) is 11.6 Å². The molecule has 1 heterocycles. The molecule has 0 N–H and O–H groups in total. The van der Waals surface area contributed by atoms with Gasteiger partial charge in [0.2, 0.25) is 0 Å². The van der Waals surface area contributed by atoms with Crippen molar-refractivity contribution in [2.24, 2.45) is 0 Å². The molecule has 1 rings (SSSR count). The van der Waals surface area contributed by atoms with E-state index in [0.29, 0.717) is 22.6 Å². The van der Waals surface area contributed by atoms with Crippen LogP contribution in [0.5, 0.6) is 5.75 Å². The van der Waals surface area contributed by atoms with Crippen molar-refractivity contribution in [3.63, 3.8) is 0 Å². The van der Waals surface area contributed by atoms with Crippen LogP contribution in [0.1, 0.15) is 16.8 Å². The van der Waals surface area contributed by atoms with Gasteiger partial charge < -0.3 is 9.47 Å². The Hall–Kier alpha value is -1.31. The number of halogens is 1. The van der Waals surface area contributed by atoms with E-state index < -0.39 is 0 Å². The average Bonchev–Trinajstić information content (AvgIpc) is 2.18. The summed E-state index contributed by atoms with van der Waals surface area (Å²) in [5, 5.41) is 9.13. The molecule has 0 unspecified atom stereocenters. The Morgan fingerprint density at radius 3 is 2.60 bits per heavy atom. The van der Waals surface area contributed by atoms with Crippen LogP contribution in [0.15, 0.2) is 0 Å². The van der Waals surface area contributed by atoms with E-state index in [1.54, 1.807) is 14.0 Å². The minimum absolute atomic E-state index is 0.183. The van der Waals surface area contributed by atoms with Gasteiger partial charge in [0.1, 0.15) is 17.0 Å². The van der Waals surface area contributed by atoms with Crippen molar-refractivity contribution >= 4 is 11.6 Å². The summed E-state index contributed by atoms with van der Waals surface area (Å²) in [5.74, 6) is 0.554. The number of ether oxygens (including phenoxy) is 2. The number of hydrogen-bond acceptors (Lipinski definition) is 4. The number of hydrogen-bond donors (Lipinski definition) is 0. The van der Waals surface area contributed by atoms with Gasteiger partial charge in [0.25, 0.3) is 0 Å². The lowest BCUT2D eigenvalue weighted by atomic mass is 10.1. The summed E-state index contributed by atoms with van der Waals surface area (Å²) >= 11 is 5.85. The second-order valence-corrected chi connectivity index (χ2v) is 3.28. The zero-order valence-corrected chi connectivity index (χ0v) is 9.55. The first-order valence-electron chi connectivity index (χ1n) is 4.27. The van der Waals surface area contributed by atoms with Crippen LogP contribution >= 0.6 is 11.6 Å². The van der Waals surface area contributed by atoms with E-state index in [1.165, 1.54) is 7.11 Å². The maximum absolute atomic E-state index is 8.95. The van der Waals surface area contributed by atoms with Crippen molar-refractivity contribution in [3.8, 4) is 11.8 Å². The first-order chi connectivity index (χ1) is 7.15. The normalized spacial score (nSPS) is 9.80. The second-order valence-electron chi connectivity index (χ2n) is 2.92. The fourth-order valence-corrected chi connectivity index (χ4v) is 1.66. The summed E-state index contributed by atoms with van der Waals surface area (Å²) in [7, 11) is 3.07. The lowest BCUT2D eigenvalue weighted by molar-refractivity contribution is 0.181. The minimum atomic E-state index is 0.183. The van der Waals surface area contributed by atoms with Crippen LogP contribution < -0.4 is 4.74 Å². The molecule has 0 radical (unpaired) electrons. The first-order valence-corrected chi connectivity index (χ1v) is 4.65. The highest BCUT2D eigenvalue weighted by molar-refractivity contribution is 6.30. The number of rotatable bonds is 3. The van der Waals surface area contributed by atoms with Crippen molar-refractivity contribution in [1.82, 2.24) is 4.98 Å². The van der Waals surface area contributed by atoms with Gasteiger partial charge in [-0.15, -0.1) is 0 Å². The fourth-order valence-electron chi connectivity index (χ4n) is 1.38. The summed E-state index contributed by atoms with van der Waals surface area (Å²) in [4.78, 5) is 4.02. The molecule has 4 nitrogen and oxygen atoms in total. The minimum Gasteiger partial charge on any atom is -0.494 e. The van der Waals surface area contributed by atoms with E-state index in [1.807, 2.05) is 6.07 Å². The number of pyridine rings is 1. The molecule has 0 fully saturated rings. The van der Waals surface area contributed by atoms with Crippen LogP contribution in [-0.4, -0.2) is 19.2 Å². The van der Waals surface area contributed by atoms with Crippen molar-refractivity contribution < 1.29 is 9.47 Å². The topological polar surface area (TPSA) is 55.1 Å². The van der Waals surface area contributed by atoms with Crippen LogP contribution in [0.25, 0.3) is 0 Å². The van der Waals surface area contributed by atoms with E-state index in [2.05, 4.69) is 4.98 Å². The van der Waals surface area contributed by atoms with E-state index in [-0.39, 0.29) is 11.8 Å². The molecule has 1 aromatic rings. The third-order valence-corrected chi connectivity index (χ3v) is 2.25. The second kappa shape index (κ2) is 4.96. The van der Waals surface area contributed by atoms with E-state index in [9.17, 15) is 0 Å². The van der Waals surface area contributed by atoms with Crippen LogP contribution in [0, 0.1) is 18.3 Å². The van der Waals surface area contributed by atoms with E-state index >= 15 is 0 Å². The van der Waals surface area contributed by atoms with Gasteiger partial charge in [-0.25, -0.2) is 4.98 Å². The Kier molecular flexibility index (Phi) is 3.89. The number of methoxy groups -OCH3 is 2. The highest BCUT2D eigenvalue weighted by Gasteiger charge is 2.17. The SMILES string of the molecule is COCc1c(C#N)c(Cl)nc(C)c1OC. The molecule has 0 aliphatic heterocycles. The molecule has 0 amide bonds. The number of nitrogens with zero attached hydrogens (tertiary/aromatic N) is 2. The summed E-state index contributed by atoms with van der Waals surface area (Å²) in [6.45, 7) is 2.04. The molecule has 0 aliphatic carbocycles. The van der Waals surface area contributed by atoms with Crippen LogP contribution in [0.4, 0.5) is 0 Å². The standard InChI is InChI=1S/C10H11ClN2O2/c1-6-9(15-3)8(5-14-2)7(4-12)10(11)13-6/h5H2,1-3H3. The van der Waals surface area contributed by atoms with Crippen LogP contribution in [-0.2, 0) is 11.3 Å². The Morgan fingerprint density at radius 2 is 2.13 bits per heavy atom. The van der Waals surface area contributed by atoms with Gasteiger partial charge in [0.05, 0.1) is 25.0 Å². The monoisotopic (exact) mass is 226 g/mol. The molecular weight excluding hydrogens is 216 g/mol. The summed E-state index contributed by atoms with van der Waals surface area (Å²) in [6, 6.07) is 2.00. The molecule has 1 aromatic heterocycles. The molecule has 5 heteroatoms. The van der Waals surface area contributed by atoms with Gasteiger partial charge in [0.15, 0.2) is 0 Å². The Balaban J connectivity index is 3.45. The summed E-state index contributed by atoms with van der Waals surface area (Å²) < 4.78 is 10.2. The predicted molar refractivity (Wildman–Crippen MR) is 56.0 cm³/mol. The molecule has 0 aromatic carbocycles. The van der Waals surface area contributed by atoms with Gasteiger partial charge >= 0.3 is 0 Å². The highest BCUT2D eigenvalue weighted by atomic mass is 35.5. The van der Waals surface area contributed by atoms with Crippen molar-refractivity contribution in [2.75, 3.05) is 14.2 Å². The Morgan fingerprint density at radius 1 is 1.47 bits per heavy atom. The first kappa shape index (κ1) is 11.8. The zero-order chi connectivity index (χ0) is 11.4. The predicted octanol–water partition coefficient (Wildman–Crippen LogP) is 2.07. The number of nitriles is 1. The van der Waals surface area contributed by atoms with Gasteiger partial charge in [-0.05, 0) is 6.92 Å². The maximum Gasteiger partial charge on any atom is 0.147 e. The smallest absolute Gasteiger partial charge is 0.147 e. The Bertz CT molecular complexity index is 413. The lowest BCUT2D eigenvalue weighted by Gasteiger charge is -2.12. The summed E-state index contributed by atoms with van der Waals surface area (Å²) in [5.41, 5.74) is 1.59. The third-order valence-electron chi connectivity index (χ3n) is 1.98. The van der Waals surface area contributed by atoms with E-state index in [0.717, 1.165) is 0 Å². The lowest BCUT2D eigenvalue weighted by Crippen LogP contribution is -2.03. The zero-order valence-electron chi connectivity index (χ0n) is 8.80. The van der Waals surface area contributed by atoms with Gasteiger partial charge in [-0.3, -0.25) is 0 Å². The molecule has 0 spiro atoms. The molecule has 0 atom stereocenters. The molecule has 15 heavy (non-hydrogen) atoms. The Labute approximate surface area is 93.4 Å². The quantitative estimate of drug-likeness (QED) is 0.741. The van der Waals surface area contributed by atoms with Gasteiger partial charge in [0, 0.05) is 12.7 Å². The van der Waals surface area contributed by atoms with Crippen molar-refractivity contribution in [1.29, 1.82) is 5.26 Å². The van der Waals surface area contributed by atoms with Crippen LogP contribution in [0.3, 0.4) is 0 Å². The molecular formula is C10H11ClN2O2. The molecule has 0 aliphatic rings. The molecule has 0 bridgehead atoms. The third kappa shape index (κ3) is 2.20. The van der Waals surface area contributed by atoms with Crippen molar-refractivity contribution in [3.05, 3.63) is 22.0 Å². The molecule has 0 saturated carbocycles.